The van der Waals surface area contributed by atoms with E-state index in [0.29, 0.717) is 17.2 Å². The number of benzene rings is 2. The molecule has 0 aliphatic carbocycles. The Hall–Kier alpha value is -2.50. The number of allylic oxidation sites excluding steroid dienone is 1. The third-order valence-electron chi connectivity index (χ3n) is 5.89. The molecule has 0 saturated carbocycles. The average molecular weight is 451 g/mol. The van der Waals surface area contributed by atoms with Gasteiger partial charge in [-0.25, -0.2) is 0 Å². The number of piperidine rings is 1. The second kappa shape index (κ2) is 11.9. The van der Waals surface area contributed by atoms with Gasteiger partial charge in [-0.3, -0.25) is 4.79 Å². The summed E-state index contributed by atoms with van der Waals surface area (Å²) in [5.74, 6) is 1.11. The number of nitrogens with zero attached hydrogens (tertiary/aromatic N) is 1. The van der Waals surface area contributed by atoms with Crippen LogP contribution in [0.25, 0.3) is 11.1 Å². The molecule has 0 unspecified atom stereocenters. The standard InChI is InChI=1S/C27H34N2O2S/c1-5-15-29-16-13-22(14-17-29)21(3)32-19-20(2)27(30)28-26-18-24(31-4)11-12-25(26)23-9-7-6-8-10-23/h6-12,18-19,22H,3,5,13-17H2,1-2,4H3,(H,28,30)/b20-19+. The number of rotatable bonds is 9. The number of hydrogen-bond acceptors (Lipinski definition) is 4. The van der Waals surface area contributed by atoms with Gasteiger partial charge in [0.1, 0.15) is 5.75 Å². The number of hydrogen-bond donors (Lipinski definition) is 1. The van der Waals surface area contributed by atoms with Crippen molar-refractivity contribution < 1.29 is 9.53 Å². The van der Waals surface area contributed by atoms with E-state index in [1.54, 1.807) is 18.9 Å². The van der Waals surface area contributed by atoms with Crippen LogP contribution in [0.15, 0.2) is 71.0 Å². The number of carbonyl (C=O) groups excluding carboxylic acids is 1. The highest BCUT2D eigenvalue weighted by atomic mass is 32.2. The second-order valence-electron chi connectivity index (χ2n) is 8.23. The molecule has 0 atom stereocenters. The summed E-state index contributed by atoms with van der Waals surface area (Å²) >= 11 is 1.59. The zero-order valence-corrected chi connectivity index (χ0v) is 20.2. The molecule has 5 heteroatoms. The van der Waals surface area contributed by atoms with Crippen LogP contribution in [-0.4, -0.2) is 37.6 Å². The van der Waals surface area contributed by atoms with E-state index in [2.05, 4.69) is 23.7 Å². The van der Waals surface area contributed by atoms with Crippen LogP contribution >= 0.6 is 11.8 Å². The highest BCUT2D eigenvalue weighted by Crippen LogP contribution is 2.34. The van der Waals surface area contributed by atoms with E-state index in [0.717, 1.165) is 47.7 Å². The molecule has 0 bridgehead atoms. The molecule has 1 fully saturated rings. The van der Waals surface area contributed by atoms with Gasteiger partial charge in [0.25, 0.3) is 5.91 Å². The minimum absolute atomic E-state index is 0.117. The molecule has 0 spiro atoms. The molecule has 2 aromatic rings. The van der Waals surface area contributed by atoms with E-state index in [1.165, 1.54) is 13.0 Å². The fourth-order valence-corrected chi connectivity index (χ4v) is 4.82. The number of thioether (sulfide) groups is 1. The Kier molecular flexibility index (Phi) is 9.00. The highest BCUT2D eigenvalue weighted by Gasteiger charge is 2.21. The molecule has 1 amide bonds. The average Bonchev–Trinajstić information content (AvgIpc) is 2.83. The quantitative estimate of drug-likeness (QED) is 0.439. The number of nitrogens with one attached hydrogen (secondary N) is 1. The molecule has 170 valence electrons. The molecule has 1 saturated heterocycles. The van der Waals surface area contributed by atoms with Crippen LogP contribution in [0, 0.1) is 5.92 Å². The minimum atomic E-state index is -0.117. The van der Waals surface area contributed by atoms with Crippen LogP contribution in [-0.2, 0) is 4.79 Å². The van der Waals surface area contributed by atoms with Crippen LogP contribution in [0.5, 0.6) is 5.75 Å². The van der Waals surface area contributed by atoms with E-state index >= 15 is 0 Å². The number of likely N-dealkylation sites (tertiary alicyclic amines) is 1. The van der Waals surface area contributed by atoms with Crippen molar-refractivity contribution >= 4 is 23.4 Å². The van der Waals surface area contributed by atoms with E-state index in [9.17, 15) is 4.79 Å². The van der Waals surface area contributed by atoms with Gasteiger partial charge in [0.15, 0.2) is 0 Å². The summed E-state index contributed by atoms with van der Waals surface area (Å²) in [5.41, 5.74) is 3.41. The zero-order chi connectivity index (χ0) is 22.9. The van der Waals surface area contributed by atoms with E-state index in [4.69, 9.17) is 4.74 Å². The normalized spacial score (nSPS) is 15.4. The summed E-state index contributed by atoms with van der Waals surface area (Å²) in [6.07, 6.45) is 3.50. The molecule has 1 N–H and O–H groups in total. The van der Waals surface area contributed by atoms with E-state index in [-0.39, 0.29) is 5.91 Å². The maximum Gasteiger partial charge on any atom is 0.251 e. The van der Waals surface area contributed by atoms with Gasteiger partial charge in [0.2, 0.25) is 0 Å². The zero-order valence-electron chi connectivity index (χ0n) is 19.4. The third kappa shape index (κ3) is 6.50. The summed E-state index contributed by atoms with van der Waals surface area (Å²) in [4.78, 5) is 16.6. The molecular formula is C27H34N2O2S. The first-order valence-electron chi connectivity index (χ1n) is 11.3. The van der Waals surface area contributed by atoms with Gasteiger partial charge in [-0.15, -0.1) is 11.8 Å². The molecule has 3 rings (SSSR count). The number of amides is 1. The van der Waals surface area contributed by atoms with E-state index in [1.807, 2.05) is 60.9 Å². The predicted molar refractivity (Wildman–Crippen MR) is 137 cm³/mol. The Bertz CT molecular complexity index is 947. The summed E-state index contributed by atoms with van der Waals surface area (Å²) in [5, 5.41) is 5.00. The smallest absolute Gasteiger partial charge is 0.251 e. The predicted octanol–water partition coefficient (Wildman–Crippen LogP) is 6.57. The van der Waals surface area contributed by atoms with Gasteiger partial charge in [-0.2, -0.15) is 0 Å². The van der Waals surface area contributed by atoms with Crippen LogP contribution in [0.3, 0.4) is 0 Å². The third-order valence-corrected chi connectivity index (χ3v) is 7.00. The SMILES string of the molecule is C=C(S/C=C(\C)C(=O)Nc1cc(OC)ccc1-c1ccccc1)C1CCN(CCC)CC1. The largest absolute Gasteiger partial charge is 0.497 e. The van der Waals surface area contributed by atoms with Gasteiger partial charge >= 0.3 is 0 Å². The van der Waals surface area contributed by atoms with Crippen LogP contribution < -0.4 is 10.1 Å². The first-order valence-corrected chi connectivity index (χ1v) is 12.2. The lowest BCUT2D eigenvalue weighted by molar-refractivity contribution is -0.112. The van der Waals surface area contributed by atoms with Gasteiger partial charge < -0.3 is 15.0 Å². The van der Waals surface area contributed by atoms with Crippen molar-refractivity contribution in [2.24, 2.45) is 5.92 Å². The number of anilines is 1. The first-order chi connectivity index (χ1) is 15.5. The highest BCUT2D eigenvalue weighted by molar-refractivity contribution is 8.05. The van der Waals surface area contributed by atoms with Crippen molar-refractivity contribution in [3.63, 3.8) is 0 Å². The Morgan fingerprint density at radius 1 is 1.22 bits per heavy atom. The lowest BCUT2D eigenvalue weighted by Crippen LogP contribution is -2.34. The Morgan fingerprint density at radius 3 is 2.59 bits per heavy atom. The fourth-order valence-electron chi connectivity index (χ4n) is 3.95. The molecule has 2 aromatic carbocycles. The van der Waals surface area contributed by atoms with Crippen LogP contribution in [0.2, 0.25) is 0 Å². The maximum atomic E-state index is 12.9. The van der Waals surface area contributed by atoms with Gasteiger partial charge in [0, 0.05) is 17.2 Å². The van der Waals surface area contributed by atoms with Crippen molar-refractivity contribution in [3.8, 4) is 16.9 Å². The summed E-state index contributed by atoms with van der Waals surface area (Å²) in [6, 6.07) is 15.8. The molecule has 1 heterocycles. The van der Waals surface area contributed by atoms with E-state index < -0.39 is 0 Å². The molecule has 32 heavy (non-hydrogen) atoms. The topological polar surface area (TPSA) is 41.6 Å². The molecule has 4 nitrogen and oxygen atoms in total. The summed E-state index contributed by atoms with van der Waals surface area (Å²) < 4.78 is 5.37. The van der Waals surface area contributed by atoms with Crippen molar-refractivity contribution in [3.05, 3.63) is 71.0 Å². The van der Waals surface area contributed by atoms with Crippen molar-refractivity contribution in [2.75, 3.05) is 32.1 Å². The summed E-state index contributed by atoms with van der Waals surface area (Å²) in [6.45, 7) is 11.8. The van der Waals surface area contributed by atoms with Gasteiger partial charge in [-0.05, 0) is 79.7 Å². The number of ether oxygens (including phenoxy) is 1. The fraction of sp³-hybridized carbons (Fsp3) is 0.370. The number of methoxy groups -OCH3 is 1. The Labute approximate surface area is 196 Å². The van der Waals surface area contributed by atoms with Crippen molar-refractivity contribution in [1.82, 2.24) is 4.90 Å². The molecule has 1 aliphatic rings. The molecule has 0 radical (unpaired) electrons. The van der Waals surface area contributed by atoms with Crippen LogP contribution in [0.1, 0.15) is 33.1 Å². The Morgan fingerprint density at radius 2 is 1.94 bits per heavy atom. The lowest BCUT2D eigenvalue weighted by atomic mass is 9.97. The maximum absolute atomic E-state index is 12.9. The van der Waals surface area contributed by atoms with Crippen molar-refractivity contribution in [2.45, 2.75) is 33.1 Å². The minimum Gasteiger partial charge on any atom is -0.497 e. The molecular weight excluding hydrogens is 416 g/mol. The molecule has 1 aliphatic heterocycles. The van der Waals surface area contributed by atoms with Gasteiger partial charge in [-0.1, -0.05) is 43.8 Å². The van der Waals surface area contributed by atoms with Gasteiger partial charge in [0.05, 0.1) is 12.8 Å². The number of carbonyl (C=O) groups is 1. The lowest BCUT2D eigenvalue weighted by Gasteiger charge is -2.32. The second-order valence-corrected chi connectivity index (χ2v) is 9.23. The first kappa shape index (κ1) is 24.1. The monoisotopic (exact) mass is 450 g/mol. The van der Waals surface area contributed by atoms with Crippen molar-refractivity contribution in [1.29, 1.82) is 0 Å². The summed E-state index contributed by atoms with van der Waals surface area (Å²) in [7, 11) is 1.63. The molecule has 0 aromatic heterocycles. The Balaban J connectivity index is 1.64. The van der Waals surface area contributed by atoms with Crippen LogP contribution in [0.4, 0.5) is 5.69 Å².